The molecule has 1 aromatic heterocycles. The van der Waals surface area contributed by atoms with E-state index in [9.17, 15) is 18.0 Å². The van der Waals surface area contributed by atoms with E-state index in [0.29, 0.717) is 13.0 Å². The molecule has 0 bridgehead atoms. The quantitative estimate of drug-likeness (QED) is 0.613. The number of benzene rings is 1. The SMILES string of the molecule is COc1cc(CCC(=O)NCc2ccc(N3CCN(C)CC3)nc2)ccc1OCC(F)(F)F. The van der Waals surface area contributed by atoms with Crippen LogP contribution in [0, 0.1) is 0 Å². The summed E-state index contributed by atoms with van der Waals surface area (Å²) < 4.78 is 47.0. The molecule has 3 rings (SSSR count). The molecule has 1 aliphatic rings. The van der Waals surface area contributed by atoms with Gasteiger partial charge in [-0.1, -0.05) is 12.1 Å². The number of ether oxygens (including phenoxy) is 2. The molecule has 2 heterocycles. The number of hydrogen-bond donors (Lipinski definition) is 1. The molecule has 1 aliphatic heterocycles. The highest BCUT2D eigenvalue weighted by atomic mass is 19.4. The minimum Gasteiger partial charge on any atom is -0.493 e. The number of likely N-dealkylation sites (N-methyl/N-ethyl adjacent to an activating group) is 1. The zero-order valence-corrected chi connectivity index (χ0v) is 18.8. The Hall–Kier alpha value is -3.01. The highest BCUT2D eigenvalue weighted by Crippen LogP contribution is 2.30. The summed E-state index contributed by atoms with van der Waals surface area (Å²) in [6, 6.07) is 8.57. The second-order valence-electron chi connectivity index (χ2n) is 7.98. The number of hydrogen-bond acceptors (Lipinski definition) is 6. The number of methoxy groups -OCH3 is 1. The molecule has 0 radical (unpaired) electrons. The van der Waals surface area contributed by atoms with E-state index in [4.69, 9.17) is 9.47 Å². The van der Waals surface area contributed by atoms with Gasteiger partial charge in [-0.25, -0.2) is 4.98 Å². The van der Waals surface area contributed by atoms with Gasteiger partial charge in [-0.05, 0) is 42.8 Å². The highest BCUT2D eigenvalue weighted by molar-refractivity contribution is 5.76. The van der Waals surface area contributed by atoms with Crippen molar-refractivity contribution in [3.63, 3.8) is 0 Å². The summed E-state index contributed by atoms with van der Waals surface area (Å²) in [4.78, 5) is 21.3. The van der Waals surface area contributed by atoms with E-state index in [-0.39, 0.29) is 23.8 Å². The maximum absolute atomic E-state index is 12.4. The lowest BCUT2D eigenvalue weighted by molar-refractivity contribution is -0.153. The minimum absolute atomic E-state index is 0.00977. The van der Waals surface area contributed by atoms with Crippen LogP contribution in [0.25, 0.3) is 0 Å². The second kappa shape index (κ2) is 11.2. The Bertz CT molecular complexity index is 914. The zero-order valence-electron chi connectivity index (χ0n) is 18.8. The molecular formula is C23H29F3N4O3. The molecule has 2 aromatic rings. The Morgan fingerprint density at radius 3 is 2.45 bits per heavy atom. The Kier molecular flexibility index (Phi) is 8.37. The summed E-state index contributed by atoms with van der Waals surface area (Å²) in [6.45, 7) is 2.89. The number of aryl methyl sites for hydroxylation is 1. The van der Waals surface area contributed by atoms with Crippen molar-refractivity contribution in [3.8, 4) is 11.5 Å². The van der Waals surface area contributed by atoms with Crippen LogP contribution in [0.5, 0.6) is 11.5 Å². The van der Waals surface area contributed by atoms with Gasteiger partial charge < -0.3 is 24.6 Å². The van der Waals surface area contributed by atoms with Crippen molar-refractivity contribution in [1.29, 1.82) is 0 Å². The Balaban J connectivity index is 1.44. The fourth-order valence-corrected chi connectivity index (χ4v) is 3.44. The summed E-state index contributed by atoms with van der Waals surface area (Å²) in [5, 5.41) is 2.87. The summed E-state index contributed by atoms with van der Waals surface area (Å²) >= 11 is 0. The Morgan fingerprint density at radius 2 is 1.82 bits per heavy atom. The first-order valence-electron chi connectivity index (χ1n) is 10.7. The molecule has 1 fully saturated rings. The number of carbonyl (C=O) groups is 1. The number of anilines is 1. The predicted octanol–water partition coefficient (Wildman–Crippen LogP) is 3.03. The van der Waals surface area contributed by atoms with Crippen LogP contribution in [0.2, 0.25) is 0 Å². The Morgan fingerprint density at radius 1 is 1.09 bits per heavy atom. The molecule has 33 heavy (non-hydrogen) atoms. The number of nitrogens with one attached hydrogen (secondary N) is 1. The topological polar surface area (TPSA) is 66.9 Å². The lowest BCUT2D eigenvalue weighted by atomic mass is 10.1. The molecule has 7 nitrogen and oxygen atoms in total. The van der Waals surface area contributed by atoms with Crippen LogP contribution >= 0.6 is 0 Å². The normalized spacial score (nSPS) is 14.8. The summed E-state index contributed by atoms with van der Waals surface area (Å²) in [5.74, 6) is 1.02. The van der Waals surface area contributed by atoms with Crippen molar-refractivity contribution in [2.45, 2.75) is 25.6 Å². The van der Waals surface area contributed by atoms with Gasteiger partial charge in [0.2, 0.25) is 5.91 Å². The van der Waals surface area contributed by atoms with Crippen LogP contribution in [0.4, 0.5) is 19.0 Å². The van der Waals surface area contributed by atoms with Crippen molar-refractivity contribution < 1.29 is 27.4 Å². The molecule has 1 N–H and O–H groups in total. The predicted molar refractivity (Wildman–Crippen MR) is 119 cm³/mol. The average molecular weight is 467 g/mol. The molecule has 180 valence electrons. The second-order valence-corrected chi connectivity index (χ2v) is 7.98. The first kappa shape index (κ1) is 24.6. The van der Waals surface area contributed by atoms with Crippen molar-refractivity contribution in [2.75, 3.05) is 51.8 Å². The van der Waals surface area contributed by atoms with Gasteiger partial charge in [0.1, 0.15) is 5.82 Å². The number of halogens is 3. The number of piperazine rings is 1. The number of pyridine rings is 1. The van der Waals surface area contributed by atoms with Gasteiger partial charge in [-0.3, -0.25) is 4.79 Å². The third-order valence-corrected chi connectivity index (χ3v) is 5.39. The lowest BCUT2D eigenvalue weighted by Gasteiger charge is -2.33. The van der Waals surface area contributed by atoms with E-state index in [1.54, 1.807) is 18.3 Å². The average Bonchev–Trinajstić information content (AvgIpc) is 2.80. The fraction of sp³-hybridized carbons (Fsp3) is 0.478. The number of alkyl halides is 3. The van der Waals surface area contributed by atoms with Crippen molar-refractivity contribution in [3.05, 3.63) is 47.7 Å². The molecular weight excluding hydrogens is 437 g/mol. The monoisotopic (exact) mass is 466 g/mol. The molecule has 1 saturated heterocycles. The van der Waals surface area contributed by atoms with Gasteiger partial charge in [0.25, 0.3) is 0 Å². The molecule has 0 atom stereocenters. The standard InChI is InChI=1S/C23H29F3N4O3/c1-29-9-11-30(12-10-29)21-7-4-18(14-27-21)15-28-22(31)8-5-17-3-6-19(20(13-17)32-2)33-16-23(24,25)26/h3-4,6-7,13-14H,5,8-12,15-16H2,1-2H3,(H,28,31). The van der Waals surface area contributed by atoms with Gasteiger partial charge in [0.15, 0.2) is 18.1 Å². The fourth-order valence-electron chi connectivity index (χ4n) is 3.44. The molecule has 1 amide bonds. The highest BCUT2D eigenvalue weighted by Gasteiger charge is 2.29. The first-order chi connectivity index (χ1) is 15.7. The summed E-state index contributed by atoms with van der Waals surface area (Å²) in [5.41, 5.74) is 1.67. The zero-order chi connectivity index (χ0) is 23.8. The van der Waals surface area contributed by atoms with Crippen LogP contribution in [0.15, 0.2) is 36.5 Å². The number of nitrogens with zero attached hydrogens (tertiary/aromatic N) is 3. The van der Waals surface area contributed by atoms with E-state index < -0.39 is 12.8 Å². The van der Waals surface area contributed by atoms with E-state index in [1.807, 2.05) is 12.1 Å². The van der Waals surface area contributed by atoms with Crippen molar-refractivity contribution >= 4 is 11.7 Å². The van der Waals surface area contributed by atoms with Crippen molar-refractivity contribution in [1.82, 2.24) is 15.2 Å². The number of aromatic nitrogens is 1. The van der Waals surface area contributed by atoms with Gasteiger partial charge in [-0.15, -0.1) is 0 Å². The third-order valence-electron chi connectivity index (χ3n) is 5.39. The molecule has 0 saturated carbocycles. The van der Waals surface area contributed by atoms with E-state index in [2.05, 4.69) is 27.1 Å². The third kappa shape index (κ3) is 7.81. The maximum atomic E-state index is 12.4. The van der Waals surface area contributed by atoms with Crippen LogP contribution in [0.3, 0.4) is 0 Å². The van der Waals surface area contributed by atoms with Gasteiger partial charge in [0.05, 0.1) is 7.11 Å². The van der Waals surface area contributed by atoms with E-state index in [1.165, 1.54) is 13.2 Å². The minimum atomic E-state index is -4.43. The largest absolute Gasteiger partial charge is 0.493 e. The number of amides is 1. The molecule has 10 heteroatoms. The van der Waals surface area contributed by atoms with Gasteiger partial charge in [-0.2, -0.15) is 13.2 Å². The van der Waals surface area contributed by atoms with Crippen LogP contribution in [0.1, 0.15) is 17.5 Å². The molecule has 0 spiro atoms. The first-order valence-corrected chi connectivity index (χ1v) is 10.7. The van der Waals surface area contributed by atoms with Gasteiger partial charge in [0, 0.05) is 45.3 Å². The number of carbonyl (C=O) groups excluding carboxylic acids is 1. The molecule has 1 aromatic carbocycles. The Labute approximate surface area is 191 Å². The molecule has 0 unspecified atom stereocenters. The number of rotatable bonds is 9. The van der Waals surface area contributed by atoms with E-state index in [0.717, 1.165) is 43.1 Å². The maximum Gasteiger partial charge on any atom is 0.422 e. The lowest BCUT2D eigenvalue weighted by Crippen LogP contribution is -2.44. The summed E-state index contributed by atoms with van der Waals surface area (Å²) in [6.07, 6.45) is -2.00. The van der Waals surface area contributed by atoms with E-state index >= 15 is 0 Å². The van der Waals surface area contributed by atoms with Crippen LogP contribution in [-0.2, 0) is 17.8 Å². The van der Waals surface area contributed by atoms with Gasteiger partial charge >= 0.3 is 6.18 Å². The van der Waals surface area contributed by atoms with Crippen molar-refractivity contribution in [2.24, 2.45) is 0 Å². The molecule has 0 aliphatic carbocycles. The van der Waals surface area contributed by atoms with Crippen LogP contribution < -0.4 is 19.7 Å². The smallest absolute Gasteiger partial charge is 0.422 e. The summed E-state index contributed by atoms with van der Waals surface area (Å²) in [7, 11) is 3.46. The van der Waals surface area contributed by atoms with Crippen LogP contribution in [-0.4, -0.2) is 68.9 Å².